The number of carbonyl (C=O) groups excluding carboxylic acids is 1. The van der Waals surface area contributed by atoms with E-state index in [2.05, 4.69) is 147 Å². The van der Waals surface area contributed by atoms with E-state index < -0.39 is 5.97 Å². The highest BCUT2D eigenvalue weighted by Gasteiger charge is 2.24. The Hall–Kier alpha value is -7.14. The van der Waals surface area contributed by atoms with Gasteiger partial charge in [0.05, 0.1) is 6.54 Å². The Balaban J connectivity index is 0.753. The molecule has 0 amide bonds. The molecule has 0 bridgehead atoms. The van der Waals surface area contributed by atoms with E-state index in [-0.39, 0.29) is 19.1 Å². The van der Waals surface area contributed by atoms with Crippen molar-refractivity contribution in [3.8, 4) is 11.5 Å². The van der Waals surface area contributed by atoms with Crippen molar-refractivity contribution in [2.45, 2.75) is 122 Å². The molecule has 2 fully saturated rings. The Bertz CT molecular complexity index is 3050. The molecule has 0 spiro atoms. The van der Waals surface area contributed by atoms with Crippen LogP contribution in [-0.2, 0) is 27.3 Å². The average Bonchev–Trinajstić information content (AvgIpc) is 4.00. The van der Waals surface area contributed by atoms with Gasteiger partial charge in [-0.05, 0) is 231 Å². The van der Waals surface area contributed by atoms with Gasteiger partial charge in [0.2, 0.25) is 0 Å². The number of rotatable bonds is 12. The van der Waals surface area contributed by atoms with E-state index in [0.717, 1.165) is 174 Å². The minimum atomic E-state index is -0.736. The second kappa shape index (κ2) is 29.0. The lowest BCUT2D eigenvalue weighted by Gasteiger charge is -2.27. The number of carboxylic acid groups (broad SMARTS) is 1. The minimum absolute atomic E-state index is 0.137. The summed E-state index contributed by atoms with van der Waals surface area (Å²) in [6.07, 6.45) is 19.7. The monoisotopic (exact) mass is 1090 g/mol. The van der Waals surface area contributed by atoms with E-state index in [1.165, 1.54) is 78.2 Å². The van der Waals surface area contributed by atoms with Crippen LogP contribution in [-0.4, -0.2) is 97.4 Å². The number of carbonyl (C=O) groups is 2. The van der Waals surface area contributed by atoms with Gasteiger partial charge in [-0.25, -0.2) is 9.68 Å². The molecule has 2 aliphatic heterocycles. The summed E-state index contributed by atoms with van der Waals surface area (Å²) in [5.41, 5.74) is 17.4. The molecule has 2 heterocycles. The fraction of sp³-hybridized carbons (Fsp3) is 0.408. The molecule has 10 rings (SSSR count). The number of anilines is 2. The number of aryl methyl sites for hydroxylation is 2. The number of benzene rings is 6. The molecule has 4 aliphatic rings. The third-order valence-corrected chi connectivity index (χ3v) is 17.1. The lowest BCUT2D eigenvalue weighted by molar-refractivity contribution is -0.214. The molecule has 0 atom stereocenters. The van der Waals surface area contributed by atoms with Gasteiger partial charge < -0.3 is 20.0 Å². The predicted octanol–water partition coefficient (Wildman–Crippen LogP) is 14.9. The number of carboxylic acids is 1. The molecule has 10 nitrogen and oxygen atoms in total. The van der Waals surface area contributed by atoms with Crippen molar-refractivity contribution in [2.75, 3.05) is 75.2 Å². The van der Waals surface area contributed by atoms with Gasteiger partial charge in [-0.2, -0.15) is 0 Å². The molecule has 424 valence electrons. The maximum Gasteiger partial charge on any atom is 0.369 e. The number of allylic oxidation sites excluding steroid dienone is 2. The van der Waals surface area contributed by atoms with Gasteiger partial charge in [-0.15, -0.1) is 0 Å². The van der Waals surface area contributed by atoms with Crippen LogP contribution in [0.1, 0.15) is 154 Å². The fourth-order valence-corrected chi connectivity index (χ4v) is 13.0. The first kappa shape index (κ1) is 57.1. The van der Waals surface area contributed by atoms with E-state index in [0.29, 0.717) is 11.5 Å². The molecular weight excluding hydrogens is 1000 g/mol. The zero-order chi connectivity index (χ0) is 55.6. The van der Waals surface area contributed by atoms with Gasteiger partial charge >= 0.3 is 11.9 Å². The molecule has 2 aliphatic carbocycles. The molecular formula is C71H84N4O6. The van der Waals surface area contributed by atoms with Gasteiger partial charge in [0, 0.05) is 37.6 Å². The SMILES string of the molecule is O=C(O)CN1CCCCCN(c2ccc(C3=C(c4ccccc4)CCCc4cc(OOC(=O)CN5CCCCCCN(c6ccc(C7=C(c8ccccc8)CCCc8cc(O)ccc87)cc6)CCCCC5)ccc43)cc2)CCCCC1. The number of aromatic hydroxyl groups is 1. The van der Waals surface area contributed by atoms with Gasteiger partial charge in [0.15, 0.2) is 5.75 Å². The summed E-state index contributed by atoms with van der Waals surface area (Å²) in [4.78, 5) is 45.9. The second-order valence-electron chi connectivity index (χ2n) is 23.0. The molecule has 0 aromatic heterocycles. The third kappa shape index (κ3) is 15.7. The summed E-state index contributed by atoms with van der Waals surface area (Å²) >= 11 is 0. The first-order valence-corrected chi connectivity index (χ1v) is 30.6. The fourth-order valence-electron chi connectivity index (χ4n) is 13.0. The summed E-state index contributed by atoms with van der Waals surface area (Å²) in [6.45, 7) is 7.73. The summed E-state index contributed by atoms with van der Waals surface area (Å²) < 4.78 is 0. The Morgan fingerprint density at radius 3 is 1.30 bits per heavy atom. The maximum atomic E-state index is 13.5. The second-order valence-corrected chi connectivity index (χ2v) is 23.0. The van der Waals surface area contributed by atoms with Crippen LogP contribution in [0.4, 0.5) is 11.4 Å². The lowest BCUT2D eigenvalue weighted by Crippen LogP contribution is -2.33. The molecule has 2 N–H and O–H groups in total. The lowest BCUT2D eigenvalue weighted by atomic mass is 9.87. The quantitative estimate of drug-likeness (QED) is 0.0909. The summed E-state index contributed by atoms with van der Waals surface area (Å²) in [5.74, 6) is -0.235. The Morgan fingerprint density at radius 2 is 0.827 bits per heavy atom. The standard InChI is InChI=1S/C71H84N4O6/c76-62-38-40-66-58(50-62)26-20-28-64(54-22-8-3-9-23-54)70(66)56-30-34-60(35-31-56)74-46-16-2-1-12-44-73(45-15-7-19-47-74)53-69(79)81-80-63-39-41-67-59(51-63)27-21-29-65(55-24-10-4-11-25-55)71(67)57-32-36-61(37-33-57)75-48-17-5-13-42-72(52-68(77)78)43-14-6-18-49-75/h3-4,8-11,22-25,30-41,50-51,76H,1-2,5-7,12-21,26-29,42-49,52-53H2,(H,77,78). The molecule has 0 saturated carbocycles. The first-order chi connectivity index (χ1) is 39.8. The Labute approximate surface area is 481 Å². The van der Waals surface area contributed by atoms with Gasteiger partial charge in [0.25, 0.3) is 0 Å². The van der Waals surface area contributed by atoms with Crippen molar-refractivity contribution in [3.63, 3.8) is 0 Å². The zero-order valence-corrected chi connectivity index (χ0v) is 47.7. The Morgan fingerprint density at radius 1 is 0.407 bits per heavy atom. The molecule has 0 radical (unpaired) electrons. The van der Waals surface area contributed by atoms with E-state index in [4.69, 9.17) is 9.78 Å². The van der Waals surface area contributed by atoms with Crippen LogP contribution < -0.4 is 14.7 Å². The van der Waals surface area contributed by atoms with Gasteiger partial charge in [-0.1, -0.05) is 129 Å². The van der Waals surface area contributed by atoms with E-state index >= 15 is 0 Å². The summed E-state index contributed by atoms with van der Waals surface area (Å²) in [6, 6.07) is 52.1. The number of nitrogens with zero attached hydrogens (tertiary/aromatic N) is 4. The van der Waals surface area contributed by atoms with E-state index in [1.807, 2.05) is 18.2 Å². The van der Waals surface area contributed by atoms with Crippen molar-refractivity contribution in [1.29, 1.82) is 0 Å². The summed E-state index contributed by atoms with van der Waals surface area (Å²) in [7, 11) is 0. The largest absolute Gasteiger partial charge is 0.508 e. The number of aliphatic carboxylic acids is 1. The minimum Gasteiger partial charge on any atom is -0.508 e. The molecule has 2 saturated heterocycles. The highest BCUT2D eigenvalue weighted by atomic mass is 17.2. The van der Waals surface area contributed by atoms with Gasteiger partial charge in [-0.3, -0.25) is 19.5 Å². The Kier molecular flexibility index (Phi) is 20.5. The number of phenols is 1. The highest BCUT2D eigenvalue weighted by molar-refractivity contribution is 6.01. The van der Waals surface area contributed by atoms with E-state index in [9.17, 15) is 19.8 Å². The third-order valence-electron chi connectivity index (χ3n) is 17.1. The van der Waals surface area contributed by atoms with Crippen molar-refractivity contribution >= 4 is 45.6 Å². The highest BCUT2D eigenvalue weighted by Crippen LogP contribution is 2.43. The number of hydrogen-bond donors (Lipinski definition) is 2. The number of hydrogen-bond acceptors (Lipinski definition) is 9. The predicted molar refractivity (Wildman–Crippen MR) is 330 cm³/mol. The van der Waals surface area contributed by atoms with Gasteiger partial charge in [0.1, 0.15) is 12.3 Å². The molecule has 6 aromatic rings. The van der Waals surface area contributed by atoms with Crippen LogP contribution in [0.25, 0.3) is 22.3 Å². The van der Waals surface area contributed by atoms with Crippen LogP contribution >= 0.6 is 0 Å². The normalized spacial score (nSPS) is 18.1. The van der Waals surface area contributed by atoms with E-state index in [1.54, 1.807) is 0 Å². The topological polar surface area (TPSA) is 106 Å². The smallest absolute Gasteiger partial charge is 0.369 e. The molecule has 0 unspecified atom stereocenters. The molecule has 6 aromatic carbocycles. The van der Waals surface area contributed by atoms with Crippen LogP contribution in [0.15, 0.2) is 146 Å². The van der Waals surface area contributed by atoms with Crippen LogP contribution in [0.3, 0.4) is 0 Å². The van der Waals surface area contributed by atoms with Crippen molar-refractivity contribution in [3.05, 3.63) is 190 Å². The molecule has 10 heteroatoms. The van der Waals surface area contributed by atoms with Crippen molar-refractivity contribution in [2.24, 2.45) is 0 Å². The number of phenolic OH excluding ortho intramolecular Hbond substituents is 1. The zero-order valence-electron chi connectivity index (χ0n) is 47.7. The first-order valence-electron chi connectivity index (χ1n) is 30.6. The van der Waals surface area contributed by atoms with Crippen LogP contribution in [0, 0.1) is 0 Å². The van der Waals surface area contributed by atoms with Crippen molar-refractivity contribution in [1.82, 2.24) is 9.80 Å². The number of fused-ring (bicyclic) bond motifs is 2. The maximum absolute atomic E-state index is 13.5. The average molecular weight is 1090 g/mol. The van der Waals surface area contributed by atoms with Crippen molar-refractivity contribution < 1.29 is 29.6 Å². The summed E-state index contributed by atoms with van der Waals surface area (Å²) in [5, 5.41) is 19.8. The van der Waals surface area contributed by atoms with Crippen LogP contribution in [0.2, 0.25) is 0 Å². The van der Waals surface area contributed by atoms with Crippen LogP contribution in [0.5, 0.6) is 11.5 Å². The molecule has 81 heavy (non-hydrogen) atoms.